The van der Waals surface area contributed by atoms with Crippen LogP contribution in [0, 0.1) is 0 Å². The smallest absolute Gasteiger partial charge is 0.225 e. The van der Waals surface area contributed by atoms with E-state index in [1.54, 1.807) is 0 Å². The zero-order valence-corrected chi connectivity index (χ0v) is 14.1. The molecule has 0 aliphatic carbocycles. The van der Waals surface area contributed by atoms with Gasteiger partial charge in [-0.15, -0.1) is 0 Å². The van der Waals surface area contributed by atoms with Gasteiger partial charge in [-0.3, -0.25) is 0 Å². The molecule has 0 spiro atoms. The van der Waals surface area contributed by atoms with E-state index in [9.17, 15) is 0 Å². The summed E-state index contributed by atoms with van der Waals surface area (Å²) in [5, 5.41) is 3.42. The summed E-state index contributed by atoms with van der Waals surface area (Å²) < 4.78 is 0. The Morgan fingerprint density at radius 2 is 1.50 bits per heavy atom. The summed E-state index contributed by atoms with van der Waals surface area (Å²) in [6.45, 7) is 6.33. The Kier molecular flexibility index (Phi) is 4.60. The monoisotopic (exact) mass is 323 g/mol. The molecule has 2 saturated heterocycles. The third-order valence-electron chi connectivity index (χ3n) is 4.95. The van der Waals surface area contributed by atoms with E-state index in [-0.39, 0.29) is 0 Å². The van der Waals surface area contributed by atoms with Gasteiger partial charge in [-0.25, -0.2) is 9.97 Å². The van der Waals surface area contributed by atoms with Crippen LogP contribution in [-0.4, -0.2) is 49.2 Å². The third kappa shape index (κ3) is 3.22. The lowest BCUT2D eigenvalue weighted by molar-refractivity contribution is 0.568. The van der Waals surface area contributed by atoms with Crippen LogP contribution in [0.25, 0.3) is 11.1 Å². The molecule has 1 aromatic heterocycles. The van der Waals surface area contributed by atoms with E-state index in [2.05, 4.69) is 49.4 Å². The zero-order valence-electron chi connectivity index (χ0n) is 14.1. The van der Waals surface area contributed by atoms with Crippen molar-refractivity contribution in [2.24, 2.45) is 0 Å². The van der Waals surface area contributed by atoms with Crippen molar-refractivity contribution in [1.29, 1.82) is 0 Å². The predicted molar refractivity (Wildman–Crippen MR) is 98.6 cm³/mol. The lowest BCUT2D eigenvalue weighted by Crippen LogP contribution is -2.43. The van der Waals surface area contributed by atoms with Crippen LogP contribution >= 0.6 is 0 Å². The Labute approximate surface area is 143 Å². The first-order valence-corrected chi connectivity index (χ1v) is 9.04. The molecule has 3 heterocycles. The van der Waals surface area contributed by atoms with Crippen LogP contribution in [0.5, 0.6) is 0 Å². The number of anilines is 2. The molecule has 4 rings (SSSR count). The van der Waals surface area contributed by atoms with E-state index >= 15 is 0 Å². The normalized spacial score (nSPS) is 18.7. The van der Waals surface area contributed by atoms with E-state index in [1.165, 1.54) is 30.5 Å². The van der Waals surface area contributed by atoms with Crippen molar-refractivity contribution in [3.8, 4) is 11.1 Å². The maximum Gasteiger partial charge on any atom is 0.225 e. The van der Waals surface area contributed by atoms with Gasteiger partial charge in [0.15, 0.2) is 0 Å². The Balaban J connectivity index is 1.59. The average molecular weight is 323 g/mol. The lowest BCUT2D eigenvalue weighted by atomic mass is 10.1. The minimum atomic E-state index is 0.873. The van der Waals surface area contributed by atoms with Gasteiger partial charge in [0, 0.05) is 68.5 Å². The number of para-hydroxylation sites is 1. The van der Waals surface area contributed by atoms with Gasteiger partial charge >= 0.3 is 0 Å². The molecular formula is C19H25N5. The topological polar surface area (TPSA) is 44.3 Å². The molecule has 1 aromatic carbocycles. The molecule has 0 radical (unpaired) electrons. The molecule has 5 nitrogen and oxygen atoms in total. The zero-order chi connectivity index (χ0) is 16.2. The van der Waals surface area contributed by atoms with E-state index < -0.39 is 0 Å². The second kappa shape index (κ2) is 7.18. The standard InChI is InChI=1S/C19H25N5/c1-4-10-24(11-5-1)19-21-14-16(15-22-19)17-6-2-3-7-18(17)23-12-8-20-9-13-23/h2-3,6-7,14-15,20H,1,4-5,8-13H2. The van der Waals surface area contributed by atoms with Crippen molar-refractivity contribution in [2.75, 3.05) is 49.1 Å². The minimum Gasteiger partial charge on any atom is -0.368 e. The first kappa shape index (κ1) is 15.4. The molecular weight excluding hydrogens is 298 g/mol. The van der Waals surface area contributed by atoms with Crippen molar-refractivity contribution >= 4 is 11.6 Å². The van der Waals surface area contributed by atoms with Crippen molar-refractivity contribution in [3.05, 3.63) is 36.7 Å². The minimum absolute atomic E-state index is 0.873. The fraction of sp³-hybridized carbons (Fsp3) is 0.474. The highest BCUT2D eigenvalue weighted by Gasteiger charge is 2.16. The molecule has 0 unspecified atom stereocenters. The van der Waals surface area contributed by atoms with Crippen molar-refractivity contribution in [3.63, 3.8) is 0 Å². The number of nitrogens with zero attached hydrogens (tertiary/aromatic N) is 4. The number of benzene rings is 1. The van der Waals surface area contributed by atoms with Crippen LogP contribution in [0.1, 0.15) is 19.3 Å². The quantitative estimate of drug-likeness (QED) is 0.940. The van der Waals surface area contributed by atoms with Gasteiger partial charge in [0.25, 0.3) is 0 Å². The van der Waals surface area contributed by atoms with E-state index in [0.717, 1.165) is 50.8 Å². The van der Waals surface area contributed by atoms with Crippen LogP contribution in [0.15, 0.2) is 36.7 Å². The Bertz CT molecular complexity index is 658. The number of piperazine rings is 1. The Morgan fingerprint density at radius 1 is 0.792 bits per heavy atom. The first-order valence-electron chi connectivity index (χ1n) is 9.04. The SMILES string of the molecule is c1ccc(N2CCNCC2)c(-c2cnc(N3CCCCC3)nc2)c1. The fourth-order valence-corrected chi connectivity index (χ4v) is 3.62. The van der Waals surface area contributed by atoms with Crippen LogP contribution < -0.4 is 15.1 Å². The number of piperidine rings is 1. The van der Waals surface area contributed by atoms with Crippen LogP contribution in [0.2, 0.25) is 0 Å². The summed E-state index contributed by atoms with van der Waals surface area (Å²) in [4.78, 5) is 14.0. The molecule has 2 aliphatic rings. The fourth-order valence-electron chi connectivity index (χ4n) is 3.62. The third-order valence-corrected chi connectivity index (χ3v) is 4.95. The van der Waals surface area contributed by atoms with Gasteiger partial charge in [0.2, 0.25) is 5.95 Å². The molecule has 5 heteroatoms. The number of rotatable bonds is 3. The van der Waals surface area contributed by atoms with Gasteiger partial charge in [-0.05, 0) is 25.3 Å². The largest absolute Gasteiger partial charge is 0.368 e. The molecule has 126 valence electrons. The van der Waals surface area contributed by atoms with Gasteiger partial charge < -0.3 is 15.1 Å². The van der Waals surface area contributed by atoms with Gasteiger partial charge in [0.05, 0.1) is 0 Å². The van der Waals surface area contributed by atoms with Gasteiger partial charge in [-0.2, -0.15) is 0 Å². The van der Waals surface area contributed by atoms with E-state index in [0.29, 0.717) is 0 Å². The second-order valence-electron chi connectivity index (χ2n) is 6.57. The summed E-state index contributed by atoms with van der Waals surface area (Å²) in [5.74, 6) is 0.873. The highest BCUT2D eigenvalue weighted by molar-refractivity contribution is 5.78. The Morgan fingerprint density at radius 3 is 2.25 bits per heavy atom. The molecule has 24 heavy (non-hydrogen) atoms. The number of hydrogen-bond donors (Lipinski definition) is 1. The summed E-state index contributed by atoms with van der Waals surface area (Å²) in [6, 6.07) is 8.60. The number of nitrogens with one attached hydrogen (secondary N) is 1. The molecule has 0 bridgehead atoms. The van der Waals surface area contributed by atoms with Gasteiger partial charge in [-0.1, -0.05) is 18.2 Å². The second-order valence-corrected chi connectivity index (χ2v) is 6.57. The predicted octanol–water partition coefficient (Wildman–Crippen LogP) is 2.54. The van der Waals surface area contributed by atoms with E-state index in [4.69, 9.17) is 0 Å². The molecule has 2 aliphatic heterocycles. The first-order chi connectivity index (χ1) is 11.9. The van der Waals surface area contributed by atoms with Crippen molar-refractivity contribution < 1.29 is 0 Å². The molecule has 2 aromatic rings. The van der Waals surface area contributed by atoms with Crippen LogP contribution in [-0.2, 0) is 0 Å². The number of aromatic nitrogens is 2. The van der Waals surface area contributed by atoms with Crippen LogP contribution in [0.4, 0.5) is 11.6 Å². The maximum atomic E-state index is 4.65. The average Bonchev–Trinajstić information content (AvgIpc) is 2.69. The summed E-state index contributed by atoms with van der Waals surface area (Å²) >= 11 is 0. The lowest BCUT2D eigenvalue weighted by Gasteiger charge is -2.31. The molecule has 1 N–H and O–H groups in total. The highest BCUT2D eigenvalue weighted by Crippen LogP contribution is 2.30. The molecule has 0 saturated carbocycles. The van der Waals surface area contributed by atoms with Crippen LogP contribution in [0.3, 0.4) is 0 Å². The maximum absolute atomic E-state index is 4.65. The summed E-state index contributed by atoms with van der Waals surface area (Å²) in [6.07, 6.45) is 7.79. The van der Waals surface area contributed by atoms with E-state index in [1.807, 2.05) is 12.4 Å². The van der Waals surface area contributed by atoms with Crippen molar-refractivity contribution in [1.82, 2.24) is 15.3 Å². The number of hydrogen-bond acceptors (Lipinski definition) is 5. The molecule has 0 atom stereocenters. The highest BCUT2D eigenvalue weighted by atomic mass is 15.2. The molecule has 2 fully saturated rings. The Hall–Kier alpha value is -2.14. The summed E-state index contributed by atoms with van der Waals surface area (Å²) in [7, 11) is 0. The molecule has 0 amide bonds. The van der Waals surface area contributed by atoms with Crippen molar-refractivity contribution in [2.45, 2.75) is 19.3 Å². The summed E-state index contributed by atoms with van der Waals surface area (Å²) in [5.41, 5.74) is 3.61. The van der Waals surface area contributed by atoms with Gasteiger partial charge in [0.1, 0.15) is 0 Å².